The van der Waals surface area contributed by atoms with Gasteiger partial charge in [-0.15, -0.1) is 0 Å². The minimum Gasteiger partial charge on any atom is -1.00 e. The summed E-state index contributed by atoms with van der Waals surface area (Å²) in [5, 5.41) is 13.9. The van der Waals surface area contributed by atoms with Gasteiger partial charge in [0.1, 0.15) is 0 Å². The third-order valence-electron chi connectivity index (χ3n) is 0. The van der Waals surface area contributed by atoms with Crippen LogP contribution in [0.5, 0.6) is 0 Å². The minimum absolute atomic E-state index is 0. The fraction of sp³-hybridized carbons (Fsp3) is 0. The molecule has 0 spiro atoms. The van der Waals surface area contributed by atoms with E-state index in [9.17, 15) is 0 Å². The normalized spacial score (nSPS) is 3.43. The van der Waals surface area contributed by atoms with Crippen molar-refractivity contribution in [2.75, 3.05) is 0 Å². The van der Waals surface area contributed by atoms with E-state index in [0.717, 1.165) is 0 Å². The predicted molar refractivity (Wildman–Crippen MR) is 15.4 cm³/mol. The zero-order valence-corrected chi connectivity index (χ0v) is 8.98. The van der Waals surface area contributed by atoms with Crippen LogP contribution in [0.2, 0.25) is 0 Å². The molecule has 0 aliphatic heterocycles. The van der Waals surface area contributed by atoms with Crippen LogP contribution in [0.15, 0.2) is 0 Å². The van der Waals surface area contributed by atoms with Crippen molar-refractivity contribution in [3.05, 3.63) is 0 Å². The van der Waals surface area contributed by atoms with E-state index in [1.165, 1.54) is 0 Å². The van der Waals surface area contributed by atoms with Crippen molar-refractivity contribution in [3.63, 3.8) is 0 Å². The smallest absolute Gasteiger partial charge is 1.00 e. The Balaban J connectivity index is -0.00000000750. The standard InChI is InChI=1S/CH2O3.Na.H2O.Zn.H/c2-1(3)4;;;;/h(H2,2,3,4);;1H2;;/q;+1;;;-1. The second-order valence-corrected chi connectivity index (χ2v) is 0.283. The van der Waals surface area contributed by atoms with Crippen LogP contribution in [-0.4, -0.2) is 21.8 Å². The fourth-order valence-electron chi connectivity index (χ4n) is 0. The molecule has 0 bridgehead atoms. The molecule has 0 amide bonds. The van der Waals surface area contributed by atoms with Crippen LogP contribution in [0, 0.1) is 0 Å². The van der Waals surface area contributed by atoms with Crippen LogP contribution < -0.4 is 29.6 Å². The van der Waals surface area contributed by atoms with E-state index >= 15 is 0 Å². The SMILES string of the molecule is O.O=C(O)O.[H-].[Na+].[Zn]. The second-order valence-electron chi connectivity index (χ2n) is 0.283. The van der Waals surface area contributed by atoms with Gasteiger partial charge in [-0.05, 0) is 0 Å². The van der Waals surface area contributed by atoms with Gasteiger partial charge in [-0.1, -0.05) is 0 Å². The first-order chi connectivity index (χ1) is 1.73. The van der Waals surface area contributed by atoms with Gasteiger partial charge in [-0.25, -0.2) is 4.79 Å². The molecule has 0 rings (SSSR count). The van der Waals surface area contributed by atoms with E-state index in [-0.39, 0.29) is 55.9 Å². The van der Waals surface area contributed by atoms with E-state index < -0.39 is 6.16 Å². The first kappa shape index (κ1) is 24.8. The summed E-state index contributed by atoms with van der Waals surface area (Å²) in [4.78, 5) is 8.56. The van der Waals surface area contributed by atoms with Crippen molar-refractivity contribution < 1.29 is 70.9 Å². The molecule has 0 heterocycles. The molecule has 0 aromatic carbocycles. The average Bonchev–Trinajstić information content (AvgIpc) is 0.811. The van der Waals surface area contributed by atoms with Gasteiger partial charge in [0, 0.05) is 19.5 Å². The minimum atomic E-state index is -1.83. The van der Waals surface area contributed by atoms with Crippen molar-refractivity contribution in [1.29, 1.82) is 0 Å². The van der Waals surface area contributed by atoms with Gasteiger partial charge in [0.15, 0.2) is 0 Å². The van der Waals surface area contributed by atoms with Crippen LogP contribution >= 0.6 is 0 Å². The van der Waals surface area contributed by atoms with E-state index in [1.54, 1.807) is 0 Å². The van der Waals surface area contributed by atoms with Gasteiger partial charge in [-0.3, -0.25) is 0 Å². The largest absolute Gasteiger partial charge is 1.00 e. The van der Waals surface area contributed by atoms with Crippen molar-refractivity contribution in [2.24, 2.45) is 0 Å². The summed E-state index contributed by atoms with van der Waals surface area (Å²) in [6, 6.07) is 0. The van der Waals surface area contributed by atoms with Gasteiger partial charge < -0.3 is 17.1 Å². The topological polar surface area (TPSA) is 89.0 Å². The molecular weight excluding hydrogens is 164 g/mol. The molecule has 0 aromatic rings. The zero-order valence-electron chi connectivity index (χ0n) is 5.01. The Bertz CT molecular complexity index is 39.0. The van der Waals surface area contributed by atoms with Crippen LogP contribution in [0.4, 0.5) is 4.79 Å². The van der Waals surface area contributed by atoms with Crippen LogP contribution in [0.25, 0.3) is 0 Å². The first-order valence-electron chi connectivity index (χ1n) is 0.651. The Kier molecular flexibility index (Phi) is 56.1. The van der Waals surface area contributed by atoms with Gasteiger partial charge >= 0.3 is 35.7 Å². The number of hydrogen-bond donors (Lipinski definition) is 2. The summed E-state index contributed by atoms with van der Waals surface area (Å²) in [5.41, 5.74) is 0. The Hall–Kier alpha value is 0.853. The molecule has 4 N–H and O–H groups in total. The van der Waals surface area contributed by atoms with Gasteiger partial charge in [0.05, 0.1) is 0 Å². The summed E-state index contributed by atoms with van der Waals surface area (Å²) in [6.45, 7) is 0. The third-order valence-corrected chi connectivity index (χ3v) is 0. The quantitative estimate of drug-likeness (QED) is 0.369. The molecule has 0 fully saturated rings. The fourth-order valence-corrected chi connectivity index (χ4v) is 0. The predicted octanol–water partition coefficient (Wildman–Crippen LogP) is -3.49. The molecule has 0 unspecified atom stereocenters. The van der Waals surface area contributed by atoms with Crippen molar-refractivity contribution >= 4 is 6.16 Å². The van der Waals surface area contributed by atoms with Crippen LogP contribution in [0.3, 0.4) is 0 Å². The van der Waals surface area contributed by atoms with Crippen LogP contribution in [-0.2, 0) is 19.5 Å². The summed E-state index contributed by atoms with van der Waals surface area (Å²) >= 11 is 0. The van der Waals surface area contributed by atoms with Crippen molar-refractivity contribution in [3.8, 4) is 0 Å². The second kappa shape index (κ2) is 15.8. The van der Waals surface area contributed by atoms with Crippen molar-refractivity contribution in [2.45, 2.75) is 0 Å². The Morgan fingerprint density at radius 3 is 1.43 bits per heavy atom. The number of rotatable bonds is 0. The molecule has 0 aromatic heterocycles. The summed E-state index contributed by atoms with van der Waals surface area (Å²) in [6.07, 6.45) is -1.83. The molecule has 0 aliphatic rings. The van der Waals surface area contributed by atoms with E-state index in [1.807, 2.05) is 0 Å². The summed E-state index contributed by atoms with van der Waals surface area (Å²) in [7, 11) is 0. The van der Waals surface area contributed by atoms with Gasteiger partial charge in [-0.2, -0.15) is 0 Å². The Morgan fingerprint density at radius 1 is 1.43 bits per heavy atom. The Morgan fingerprint density at radius 2 is 1.43 bits per heavy atom. The summed E-state index contributed by atoms with van der Waals surface area (Å²) in [5.74, 6) is 0. The average molecular weight is 169 g/mol. The molecule has 0 saturated carbocycles. The maximum atomic E-state index is 8.56. The molecule has 36 valence electrons. The monoisotopic (exact) mass is 168 g/mol. The van der Waals surface area contributed by atoms with E-state index in [2.05, 4.69) is 0 Å². The maximum absolute atomic E-state index is 8.56. The van der Waals surface area contributed by atoms with E-state index in [0.29, 0.717) is 0 Å². The van der Waals surface area contributed by atoms with Gasteiger partial charge in [0.25, 0.3) is 0 Å². The molecular formula is CH5NaO4Zn. The zero-order chi connectivity index (χ0) is 3.58. The van der Waals surface area contributed by atoms with Crippen molar-refractivity contribution in [1.82, 2.24) is 0 Å². The number of hydrogen-bond acceptors (Lipinski definition) is 1. The molecule has 7 heavy (non-hydrogen) atoms. The maximum Gasteiger partial charge on any atom is 1.00 e. The summed E-state index contributed by atoms with van der Waals surface area (Å²) < 4.78 is 0. The third kappa shape index (κ3) is 222. The first-order valence-corrected chi connectivity index (χ1v) is 0.651. The Labute approximate surface area is 76.8 Å². The molecule has 0 radical (unpaired) electrons. The number of carboxylic acid groups (broad SMARTS) is 2. The number of carbonyl (C=O) groups is 1. The molecule has 0 aliphatic carbocycles. The molecule has 4 nitrogen and oxygen atoms in total. The van der Waals surface area contributed by atoms with E-state index in [4.69, 9.17) is 15.0 Å². The van der Waals surface area contributed by atoms with Crippen LogP contribution in [0.1, 0.15) is 1.43 Å². The molecule has 6 heteroatoms. The molecule has 0 atom stereocenters. The molecule has 0 saturated heterocycles. The van der Waals surface area contributed by atoms with Gasteiger partial charge in [0.2, 0.25) is 0 Å².